The van der Waals surface area contributed by atoms with Crippen LogP contribution in [-0.2, 0) is 26.6 Å². The molecular formula is C44H49O7P. The Kier molecular flexibility index (Phi) is 12.8. The second-order valence-electron chi connectivity index (χ2n) is 14.6. The number of phosphoric ester groups is 1. The third kappa shape index (κ3) is 11.1. The van der Waals surface area contributed by atoms with Gasteiger partial charge in [0.1, 0.15) is 28.7 Å². The molecule has 5 rings (SSSR count). The summed E-state index contributed by atoms with van der Waals surface area (Å²) in [5, 5.41) is 11.0. The average molecular weight is 721 g/mol. The molecule has 0 fully saturated rings. The lowest BCUT2D eigenvalue weighted by Crippen LogP contribution is -2.17. The molecule has 5 aromatic carbocycles. The Morgan fingerprint density at radius 2 is 1.04 bits per heavy atom. The van der Waals surface area contributed by atoms with Crippen molar-refractivity contribution in [3.63, 3.8) is 0 Å². The molecule has 0 spiro atoms. The molecule has 5 aromatic rings. The lowest BCUT2D eigenvalue weighted by molar-refractivity contribution is -0.129. The van der Waals surface area contributed by atoms with Crippen molar-refractivity contribution in [1.29, 1.82) is 0 Å². The van der Waals surface area contributed by atoms with Crippen LogP contribution < -0.4 is 18.3 Å². The fourth-order valence-electron chi connectivity index (χ4n) is 5.45. The minimum atomic E-state index is -3.89. The van der Waals surface area contributed by atoms with Gasteiger partial charge in [-0.15, -0.1) is 0 Å². The minimum absolute atomic E-state index is 0.174. The van der Waals surface area contributed by atoms with Crippen LogP contribution in [0.3, 0.4) is 0 Å². The summed E-state index contributed by atoms with van der Waals surface area (Å²) in [6.07, 6.45) is 1.65. The lowest BCUT2D eigenvalue weighted by Gasteiger charge is -2.26. The van der Waals surface area contributed by atoms with Crippen molar-refractivity contribution in [2.45, 2.75) is 72.6 Å². The van der Waals surface area contributed by atoms with Crippen LogP contribution in [-0.4, -0.2) is 11.1 Å². The van der Waals surface area contributed by atoms with Crippen molar-refractivity contribution in [3.8, 4) is 28.7 Å². The van der Waals surface area contributed by atoms with Gasteiger partial charge < -0.3 is 23.4 Å². The molecule has 0 bridgehead atoms. The summed E-state index contributed by atoms with van der Waals surface area (Å²) >= 11 is 0. The summed E-state index contributed by atoms with van der Waals surface area (Å²) in [5.74, 6) is 1.60. The Bertz CT molecular complexity index is 1900. The number of phosphoric acid groups is 1. The maximum Gasteiger partial charge on any atom is 0.647 e. The van der Waals surface area contributed by atoms with E-state index >= 15 is 0 Å². The first-order valence-electron chi connectivity index (χ1n) is 17.1. The molecule has 0 aliphatic carbocycles. The number of para-hydroxylation sites is 3. The van der Waals surface area contributed by atoms with Crippen molar-refractivity contribution < 1.29 is 32.8 Å². The highest BCUT2D eigenvalue weighted by molar-refractivity contribution is 7.49. The summed E-state index contributed by atoms with van der Waals surface area (Å²) < 4.78 is 35.3. The molecule has 0 unspecified atom stereocenters. The van der Waals surface area contributed by atoms with Gasteiger partial charge in [0, 0.05) is 18.1 Å². The van der Waals surface area contributed by atoms with Gasteiger partial charge in [0.05, 0.1) is 0 Å². The van der Waals surface area contributed by atoms with Gasteiger partial charge in [0.25, 0.3) is 0 Å². The SMILES string of the molecule is C=CC(=O)Oc1c(Cc2cc(C)cc(C(C)(C)C)c2O)cc(C)cc1C(C)(C)C.O=P(Oc1ccccc1)(Oc1ccccc1)Oc1ccccc1. The van der Waals surface area contributed by atoms with Crippen molar-refractivity contribution in [1.82, 2.24) is 0 Å². The highest BCUT2D eigenvalue weighted by atomic mass is 31.2. The average Bonchev–Trinajstić information content (AvgIpc) is 3.07. The maximum atomic E-state index is 13.1. The summed E-state index contributed by atoms with van der Waals surface area (Å²) in [6, 6.07) is 34.5. The zero-order valence-electron chi connectivity index (χ0n) is 31.3. The number of ether oxygens (including phenoxy) is 1. The van der Waals surface area contributed by atoms with Crippen molar-refractivity contribution in [2.24, 2.45) is 0 Å². The molecule has 0 saturated carbocycles. The minimum Gasteiger partial charge on any atom is -0.507 e. The van der Waals surface area contributed by atoms with Gasteiger partial charge in [-0.05, 0) is 77.8 Å². The van der Waals surface area contributed by atoms with Crippen molar-refractivity contribution >= 4 is 13.8 Å². The number of aromatic hydroxyl groups is 1. The molecule has 0 amide bonds. The van der Waals surface area contributed by atoms with Crippen LogP contribution in [0.25, 0.3) is 0 Å². The molecule has 0 heterocycles. The fourth-order valence-corrected chi connectivity index (χ4v) is 6.70. The van der Waals surface area contributed by atoms with Gasteiger partial charge in [-0.2, -0.15) is 4.57 Å². The highest BCUT2D eigenvalue weighted by Gasteiger charge is 2.33. The molecule has 7 nitrogen and oxygen atoms in total. The number of carbonyl (C=O) groups excluding carboxylic acids is 1. The van der Waals surface area contributed by atoms with E-state index in [9.17, 15) is 14.5 Å². The number of carbonyl (C=O) groups is 1. The predicted molar refractivity (Wildman–Crippen MR) is 209 cm³/mol. The van der Waals surface area contributed by atoms with Gasteiger partial charge in [0.2, 0.25) is 0 Å². The topological polar surface area (TPSA) is 91.3 Å². The third-order valence-electron chi connectivity index (χ3n) is 7.89. The van der Waals surface area contributed by atoms with E-state index < -0.39 is 13.8 Å². The molecule has 0 aliphatic heterocycles. The lowest BCUT2D eigenvalue weighted by atomic mass is 9.81. The first kappa shape index (κ1) is 39.5. The third-order valence-corrected chi connectivity index (χ3v) is 9.19. The van der Waals surface area contributed by atoms with Gasteiger partial charge in [-0.25, -0.2) is 4.79 Å². The normalized spacial score (nSPS) is 11.5. The van der Waals surface area contributed by atoms with Gasteiger partial charge >= 0.3 is 13.8 Å². The van der Waals surface area contributed by atoms with Gasteiger partial charge in [0.15, 0.2) is 0 Å². The summed E-state index contributed by atoms with van der Waals surface area (Å²) in [7, 11) is -3.89. The Morgan fingerprint density at radius 3 is 1.42 bits per heavy atom. The number of benzene rings is 5. The zero-order valence-corrected chi connectivity index (χ0v) is 32.2. The van der Waals surface area contributed by atoms with Crippen LogP contribution in [0.15, 0.2) is 128 Å². The summed E-state index contributed by atoms with van der Waals surface area (Å²) in [4.78, 5) is 12.1. The van der Waals surface area contributed by atoms with E-state index in [2.05, 4.69) is 54.2 Å². The monoisotopic (exact) mass is 720 g/mol. The van der Waals surface area contributed by atoms with E-state index in [-0.39, 0.29) is 10.8 Å². The number of hydrogen-bond acceptors (Lipinski definition) is 7. The number of aryl methyl sites for hydroxylation is 2. The Balaban J connectivity index is 0.000000238. The zero-order chi connectivity index (χ0) is 38.1. The first-order chi connectivity index (χ1) is 24.5. The van der Waals surface area contributed by atoms with Crippen molar-refractivity contribution in [2.75, 3.05) is 0 Å². The summed E-state index contributed by atoms with van der Waals surface area (Å²) in [5.41, 5.74) is 5.39. The molecule has 0 saturated heterocycles. The Labute approximate surface area is 308 Å². The van der Waals surface area contributed by atoms with E-state index in [0.29, 0.717) is 35.2 Å². The second kappa shape index (κ2) is 16.8. The molecule has 272 valence electrons. The molecule has 52 heavy (non-hydrogen) atoms. The smallest absolute Gasteiger partial charge is 0.507 e. The second-order valence-corrected chi connectivity index (χ2v) is 16.0. The standard InChI is InChI=1S/C26H34O3.C18H15O4P/c1-10-22(27)29-24-19(12-17(3)14-21(24)26(7,8)9)15-18-11-16(2)13-20(23(18)28)25(4,5)6;19-23(20-16-10-4-1-5-11-16,21-17-12-6-2-7-13-17)22-18-14-8-3-9-15-18/h10-14,28H,1,15H2,2-9H3;1-15H. The summed E-state index contributed by atoms with van der Waals surface area (Å²) in [6.45, 7) is 20.2. The largest absolute Gasteiger partial charge is 0.647 e. The molecular weight excluding hydrogens is 671 g/mol. The van der Waals surface area contributed by atoms with E-state index in [1.807, 2.05) is 50.2 Å². The quantitative estimate of drug-likeness (QED) is 0.0664. The molecule has 0 aliphatic rings. The molecule has 0 aromatic heterocycles. The van der Waals surface area contributed by atoms with Crippen molar-refractivity contribution in [3.05, 3.63) is 161 Å². The van der Waals surface area contributed by atoms with Crippen LogP contribution in [0.2, 0.25) is 0 Å². The van der Waals surface area contributed by atoms with Gasteiger partial charge in [-0.3, -0.25) is 0 Å². The molecule has 0 radical (unpaired) electrons. The number of phenolic OH excluding ortho intramolecular Hbond substituents is 1. The predicted octanol–water partition coefficient (Wildman–Crippen LogP) is 11.6. The number of rotatable bonds is 10. The van der Waals surface area contributed by atoms with Crippen LogP contribution in [0, 0.1) is 13.8 Å². The maximum absolute atomic E-state index is 13.1. The van der Waals surface area contributed by atoms with E-state index in [4.69, 9.17) is 18.3 Å². The van der Waals surface area contributed by atoms with E-state index in [1.165, 1.54) is 6.08 Å². The van der Waals surface area contributed by atoms with Crippen LogP contribution in [0.1, 0.15) is 74.9 Å². The van der Waals surface area contributed by atoms with Gasteiger partial charge in [-0.1, -0.05) is 138 Å². The number of phenols is 1. The Morgan fingerprint density at radius 1 is 0.654 bits per heavy atom. The fraction of sp³-hybridized carbons (Fsp3) is 0.250. The van der Waals surface area contributed by atoms with E-state index in [0.717, 1.165) is 33.4 Å². The van der Waals surface area contributed by atoms with E-state index in [1.54, 1.807) is 72.8 Å². The number of esters is 1. The Hall–Kier alpha value is -5.26. The molecule has 8 heteroatoms. The highest BCUT2D eigenvalue weighted by Crippen LogP contribution is 2.49. The first-order valence-corrected chi connectivity index (χ1v) is 18.6. The molecule has 1 N–H and O–H groups in total. The van der Waals surface area contributed by atoms with Crippen LogP contribution in [0.5, 0.6) is 28.7 Å². The number of hydrogen-bond donors (Lipinski definition) is 1. The molecule has 0 atom stereocenters. The van der Waals surface area contributed by atoms with Crippen LogP contribution >= 0.6 is 7.82 Å². The van der Waals surface area contributed by atoms with Crippen LogP contribution in [0.4, 0.5) is 0 Å².